The summed E-state index contributed by atoms with van der Waals surface area (Å²) < 4.78 is 1.09. The fourth-order valence-corrected chi connectivity index (χ4v) is 3.05. The van der Waals surface area contributed by atoms with Crippen molar-refractivity contribution in [2.75, 3.05) is 5.32 Å². The van der Waals surface area contributed by atoms with Gasteiger partial charge in [0.2, 0.25) is 5.91 Å². The third kappa shape index (κ3) is 2.59. The van der Waals surface area contributed by atoms with Gasteiger partial charge in [0, 0.05) is 0 Å². The SMILES string of the molecule is Cc1ccc2nc(NC(=O)C3(N)CCC3)sc2c1.Cl. The summed E-state index contributed by atoms with van der Waals surface area (Å²) in [5, 5.41) is 3.47. The van der Waals surface area contributed by atoms with Gasteiger partial charge in [-0.1, -0.05) is 17.4 Å². The zero-order valence-electron chi connectivity index (χ0n) is 10.6. The third-order valence-corrected chi connectivity index (χ3v) is 4.40. The van der Waals surface area contributed by atoms with Crippen LogP contribution >= 0.6 is 23.7 Å². The van der Waals surface area contributed by atoms with E-state index in [0.29, 0.717) is 5.13 Å². The number of nitrogens with two attached hydrogens (primary N) is 1. The fraction of sp³-hybridized carbons (Fsp3) is 0.385. The van der Waals surface area contributed by atoms with Gasteiger partial charge in [-0.3, -0.25) is 4.79 Å². The molecule has 0 radical (unpaired) electrons. The Balaban J connectivity index is 0.00000133. The lowest BCUT2D eigenvalue weighted by Gasteiger charge is -2.35. The summed E-state index contributed by atoms with van der Waals surface area (Å²) in [4.78, 5) is 16.4. The minimum absolute atomic E-state index is 0. The molecule has 4 nitrogen and oxygen atoms in total. The Hall–Kier alpha value is -1.17. The zero-order valence-corrected chi connectivity index (χ0v) is 12.2. The Morgan fingerprint density at radius 1 is 1.47 bits per heavy atom. The number of fused-ring (bicyclic) bond motifs is 1. The number of amides is 1. The van der Waals surface area contributed by atoms with Gasteiger partial charge < -0.3 is 11.1 Å². The standard InChI is InChI=1S/C13H15N3OS.ClH/c1-8-3-4-9-10(7-8)18-12(15-9)16-11(17)13(14)5-2-6-13;/h3-4,7H,2,5-6,14H2,1H3,(H,15,16,17);1H. The van der Waals surface area contributed by atoms with Gasteiger partial charge >= 0.3 is 0 Å². The molecule has 0 spiro atoms. The predicted molar refractivity (Wildman–Crippen MR) is 81.0 cm³/mol. The maximum Gasteiger partial charge on any atom is 0.246 e. The monoisotopic (exact) mass is 297 g/mol. The molecule has 19 heavy (non-hydrogen) atoms. The van der Waals surface area contributed by atoms with E-state index in [1.807, 2.05) is 19.1 Å². The average molecular weight is 298 g/mol. The van der Waals surface area contributed by atoms with Crippen molar-refractivity contribution in [1.29, 1.82) is 0 Å². The van der Waals surface area contributed by atoms with Crippen molar-refractivity contribution in [3.05, 3.63) is 23.8 Å². The van der Waals surface area contributed by atoms with Crippen LogP contribution in [-0.4, -0.2) is 16.4 Å². The quantitative estimate of drug-likeness (QED) is 0.895. The van der Waals surface area contributed by atoms with Gasteiger partial charge in [-0.05, 0) is 43.9 Å². The second kappa shape index (κ2) is 5.07. The molecule has 6 heteroatoms. The zero-order chi connectivity index (χ0) is 12.8. The van der Waals surface area contributed by atoms with Gasteiger partial charge in [-0.25, -0.2) is 4.98 Å². The Labute approximate surface area is 121 Å². The highest BCUT2D eigenvalue weighted by molar-refractivity contribution is 7.22. The van der Waals surface area contributed by atoms with E-state index in [9.17, 15) is 4.79 Å². The van der Waals surface area contributed by atoms with Crippen LogP contribution in [0.4, 0.5) is 5.13 Å². The number of hydrogen-bond donors (Lipinski definition) is 2. The van der Waals surface area contributed by atoms with Gasteiger partial charge in [0.25, 0.3) is 0 Å². The summed E-state index contributed by atoms with van der Waals surface area (Å²) in [5.74, 6) is -0.107. The van der Waals surface area contributed by atoms with Crippen LogP contribution < -0.4 is 11.1 Å². The number of aryl methyl sites for hydroxylation is 1. The number of carbonyl (C=O) groups excluding carboxylic acids is 1. The molecule has 0 aliphatic heterocycles. The number of thiazole rings is 1. The Morgan fingerprint density at radius 2 is 2.21 bits per heavy atom. The lowest BCUT2D eigenvalue weighted by atomic mass is 9.77. The molecule has 3 rings (SSSR count). The Bertz CT molecular complexity index is 621. The molecular weight excluding hydrogens is 282 g/mol. The minimum atomic E-state index is -0.673. The molecule has 0 unspecified atom stereocenters. The maximum absolute atomic E-state index is 12.0. The molecule has 1 aliphatic carbocycles. The molecule has 0 bridgehead atoms. The summed E-state index contributed by atoms with van der Waals surface area (Å²) in [6.07, 6.45) is 2.56. The number of aromatic nitrogens is 1. The molecule has 1 amide bonds. The van der Waals surface area contributed by atoms with E-state index < -0.39 is 5.54 Å². The molecule has 1 aliphatic rings. The second-order valence-corrected chi connectivity index (χ2v) is 5.98. The molecule has 102 valence electrons. The first kappa shape index (κ1) is 14.2. The number of nitrogens with zero attached hydrogens (tertiary/aromatic N) is 1. The van der Waals surface area contributed by atoms with Gasteiger partial charge in [-0.2, -0.15) is 0 Å². The maximum atomic E-state index is 12.0. The van der Waals surface area contributed by atoms with E-state index in [0.717, 1.165) is 29.5 Å². The number of nitrogens with one attached hydrogen (secondary N) is 1. The van der Waals surface area contributed by atoms with Crippen LogP contribution in [0.5, 0.6) is 0 Å². The largest absolute Gasteiger partial charge is 0.317 e. The summed E-state index contributed by atoms with van der Waals surface area (Å²) in [5.41, 5.74) is 7.41. The number of hydrogen-bond acceptors (Lipinski definition) is 4. The van der Waals surface area contributed by atoms with Crippen molar-refractivity contribution < 1.29 is 4.79 Å². The summed E-state index contributed by atoms with van der Waals surface area (Å²) >= 11 is 1.49. The summed E-state index contributed by atoms with van der Waals surface area (Å²) in [6, 6.07) is 6.06. The first-order chi connectivity index (χ1) is 8.57. The first-order valence-electron chi connectivity index (χ1n) is 6.04. The van der Waals surface area contributed by atoms with Crippen LogP contribution in [0.1, 0.15) is 24.8 Å². The predicted octanol–water partition coefficient (Wildman–Crippen LogP) is 2.85. The fourth-order valence-electron chi connectivity index (χ4n) is 2.09. The number of halogens is 1. The van der Waals surface area contributed by atoms with E-state index in [-0.39, 0.29) is 18.3 Å². The van der Waals surface area contributed by atoms with Crippen LogP contribution in [0.2, 0.25) is 0 Å². The Kier molecular flexibility index (Phi) is 3.80. The normalized spacial score (nSPS) is 16.5. The minimum Gasteiger partial charge on any atom is -0.317 e. The van der Waals surface area contributed by atoms with Gasteiger partial charge in [-0.15, -0.1) is 12.4 Å². The third-order valence-electron chi connectivity index (χ3n) is 3.46. The number of rotatable bonds is 2. The van der Waals surface area contributed by atoms with E-state index in [1.54, 1.807) is 0 Å². The number of anilines is 1. The topological polar surface area (TPSA) is 68.0 Å². The van der Waals surface area contributed by atoms with Crippen LogP contribution in [0.25, 0.3) is 10.2 Å². The van der Waals surface area contributed by atoms with Crippen LogP contribution in [0.15, 0.2) is 18.2 Å². The molecule has 0 atom stereocenters. The van der Waals surface area contributed by atoms with Crippen LogP contribution in [0, 0.1) is 6.92 Å². The van der Waals surface area contributed by atoms with Gasteiger partial charge in [0.1, 0.15) is 0 Å². The summed E-state index contributed by atoms with van der Waals surface area (Å²) in [7, 11) is 0. The lowest BCUT2D eigenvalue weighted by Crippen LogP contribution is -2.56. The Morgan fingerprint density at radius 3 is 2.84 bits per heavy atom. The first-order valence-corrected chi connectivity index (χ1v) is 6.86. The van der Waals surface area contributed by atoms with E-state index in [1.165, 1.54) is 16.9 Å². The van der Waals surface area contributed by atoms with Crippen molar-refractivity contribution in [2.24, 2.45) is 5.73 Å². The van der Waals surface area contributed by atoms with Crippen molar-refractivity contribution in [1.82, 2.24) is 4.98 Å². The molecule has 0 saturated heterocycles. The molecular formula is C13H16ClN3OS. The van der Waals surface area contributed by atoms with E-state index in [4.69, 9.17) is 5.73 Å². The molecule has 1 saturated carbocycles. The number of carbonyl (C=O) groups is 1. The smallest absolute Gasteiger partial charge is 0.246 e. The second-order valence-electron chi connectivity index (χ2n) is 4.95. The highest BCUT2D eigenvalue weighted by Gasteiger charge is 2.40. The van der Waals surface area contributed by atoms with Gasteiger partial charge in [0.15, 0.2) is 5.13 Å². The molecule has 1 aromatic heterocycles. The molecule has 2 aromatic rings. The number of benzene rings is 1. The van der Waals surface area contributed by atoms with Gasteiger partial charge in [0.05, 0.1) is 15.8 Å². The van der Waals surface area contributed by atoms with Crippen molar-refractivity contribution in [3.8, 4) is 0 Å². The highest BCUT2D eigenvalue weighted by Crippen LogP contribution is 2.32. The van der Waals surface area contributed by atoms with Crippen molar-refractivity contribution in [3.63, 3.8) is 0 Å². The highest BCUT2D eigenvalue weighted by atomic mass is 35.5. The van der Waals surface area contributed by atoms with Crippen LogP contribution in [-0.2, 0) is 4.79 Å². The van der Waals surface area contributed by atoms with Crippen molar-refractivity contribution >= 4 is 45.0 Å². The molecule has 3 N–H and O–H groups in total. The molecule has 1 aromatic carbocycles. The average Bonchev–Trinajstić information content (AvgIpc) is 2.67. The van der Waals surface area contributed by atoms with Crippen molar-refractivity contribution in [2.45, 2.75) is 31.7 Å². The molecule has 1 fully saturated rings. The van der Waals surface area contributed by atoms with E-state index >= 15 is 0 Å². The lowest BCUT2D eigenvalue weighted by molar-refractivity contribution is -0.123. The molecule has 1 heterocycles. The van der Waals surface area contributed by atoms with E-state index in [2.05, 4.69) is 16.4 Å². The van der Waals surface area contributed by atoms with Crippen LogP contribution in [0.3, 0.4) is 0 Å². The summed E-state index contributed by atoms with van der Waals surface area (Å²) in [6.45, 7) is 2.04.